The number of nitrogens with zero attached hydrogens (tertiary/aromatic N) is 1. The van der Waals surface area contributed by atoms with Crippen molar-refractivity contribution in [3.8, 4) is 0 Å². The van der Waals surface area contributed by atoms with E-state index in [-0.39, 0.29) is 11.8 Å². The molecule has 0 aromatic rings. The maximum Gasteiger partial charge on any atom is 0.290 e. The SMILES string of the molecule is CC(=O)C(=O)N1CCC[C@@H]1C(C)=O. The molecular weight excluding hydrogens is 170 g/mol. The van der Waals surface area contributed by atoms with E-state index in [1.54, 1.807) is 0 Å². The number of hydrogen-bond donors (Lipinski definition) is 0. The Morgan fingerprint density at radius 2 is 1.85 bits per heavy atom. The largest absolute Gasteiger partial charge is 0.326 e. The minimum absolute atomic E-state index is 0.0351. The fourth-order valence-electron chi connectivity index (χ4n) is 1.63. The molecule has 4 heteroatoms. The van der Waals surface area contributed by atoms with Crippen LogP contribution in [0.1, 0.15) is 26.7 Å². The van der Waals surface area contributed by atoms with Crippen molar-refractivity contribution in [3.05, 3.63) is 0 Å². The van der Waals surface area contributed by atoms with Gasteiger partial charge in [0.1, 0.15) is 0 Å². The maximum absolute atomic E-state index is 11.3. The van der Waals surface area contributed by atoms with E-state index in [1.165, 1.54) is 18.7 Å². The highest BCUT2D eigenvalue weighted by atomic mass is 16.2. The number of Topliss-reactive ketones (excluding diaryl/α,β-unsaturated/α-hetero) is 2. The van der Waals surface area contributed by atoms with Crippen LogP contribution in [-0.2, 0) is 14.4 Å². The number of rotatable bonds is 2. The van der Waals surface area contributed by atoms with E-state index in [0.717, 1.165) is 6.42 Å². The normalized spacial score (nSPS) is 21.7. The van der Waals surface area contributed by atoms with Crippen molar-refractivity contribution in [1.29, 1.82) is 0 Å². The summed E-state index contributed by atoms with van der Waals surface area (Å²) in [5, 5.41) is 0. The Kier molecular flexibility index (Phi) is 2.80. The first-order valence-corrected chi connectivity index (χ1v) is 4.36. The van der Waals surface area contributed by atoms with Gasteiger partial charge in [0.05, 0.1) is 6.04 Å². The molecule has 0 N–H and O–H groups in total. The van der Waals surface area contributed by atoms with Crippen molar-refractivity contribution in [3.63, 3.8) is 0 Å². The molecule has 0 bridgehead atoms. The third kappa shape index (κ3) is 1.94. The van der Waals surface area contributed by atoms with Gasteiger partial charge in [-0.25, -0.2) is 0 Å². The number of hydrogen-bond acceptors (Lipinski definition) is 3. The van der Waals surface area contributed by atoms with Crippen LogP contribution in [-0.4, -0.2) is 35.0 Å². The van der Waals surface area contributed by atoms with Crippen LogP contribution in [0.4, 0.5) is 0 Å². The topological polar surface area (TPSA) is 54.5 Å². The van der Waals surface area contributed by atoms with Crippen molar-refractivity contribution in [1.82, 2.24) is 4.90 Å². The van der Waals surface area contributed by atoms with E-state index in [9.17, 15) is 14.4 Å². The van der Waals surface area contributed by atoms with Crippen molar-refractivity contribution >= 4 is 17.5 Å². The second-order valence-electron chi connectivity index (χ2n) is 3.32. The molecule has 0 aliphatic carbocycles. The summed E-state index contributed by atoms with van der Waals surface area (Å²) in [6.07, 6.45) is 1.50. The van der Waals surface area contributed by atoms with Crippen molar-refractivity contribution in [2.75, 3.05) is 6.54 Å². The van der Waals surface area contributed by atoms with Crippen LogP contribution in [0, 0.1) is 0 Å². The minimum Gasteiger partial charge on any atom is -0.326 e. The number of carbonyl (C=O) groups excluding carboxylic acids is 3. The zero-order valence-corrected chi connectivity index (χ0v) is 7.87. The first kappa shape index (κ1) is 9.89. The zero-order chi connectivity index (χ0) is 10.0. The predicted octanol–water partition coefficient (Wildman–Crippen LogP) is 0.155. The second kappa shape index (κ2) is 3.68. The molecule has 0 aromatic carbocycles. The van der Waals surface area contributed by atoms with E-state index >= 15 is 0 Å². The number of amides is 1. The van der Waals surface area contributed by atoms with Crippen LogP contribution in [0.3, 0.4) is 0 Å². The molecule has 1 fully saturated rings. The van der Waals surface area contributed by atoms with Crippen molar-refractivity contribution in [2.24, 2.45) is 0 Å². The van der Waals surface area contributed by atoms with Gasteiger partial charge in [0, 0.05) is 13.5 Å². The van der Waals surface area contributed by atoms with Gasteiger partial charge in [-0.3, -0.25) is 14.4 Å². The average molecular weight is 183 g/mol. The Bertz CT molecular complexity index is 260. The molecule has 0 radical (unpaired) electrons. The van der Waals surface area contributed by atoms with Gasteiger partial charge < -0.3 is 4.90 Å². The molecule has 1 saturated heterocycles. The Morgan fingerprint density at radius 1 is 1.23 bits per heavy atom. The highest BCUT2D eigenvalue weighted by Crippen LogP contribution is 2.17. The number of carbonyl (C=O) groups is 3. The molecule has 1 atom stereocenters. The van der Waals surface area contributed by atoms with Crippen LogP contribution in [0.15, 0.2) is 0 Å². The highest BCUT2D eigenvalue weighted by Gasteiger charge is 2.33. The summed E-state index contributed by atoms with van der Waals surface area (Å²) in [4.78, 5) is 34.5. The van der Waals surface area contributed by atoms with E-state index in [0.29, 0.717) is 13.0 Å². The summed E-state index contributed by atoms with van der Waals surface area (Å²) in [7, 11) is 0. The molecule has 1 aliphatic rings. The molecule has 0 unspecified atom stereocenters. The van der Waals surface area contributed by atoms with Crippen LogP contribution in [0.25, 0.3) is 0 Å². The summed E-state index contributed by atoms with van der Waals surface area (Å²) in [5.74, 6) is -1.06. The van der Waals surface area contributed by atoms with Gasteiger partial charge in [0.2, 0.25) is 5.78 Å². The minimum atomic E-state index is -0.530. The summed E-state index contributed by atoms with van der Waals surface area (Å²) in [6.45, 7) is 3.22. The first-order valence-electron chi connectivity index (χ1n) is 4.36. The molecule has 72 valence electrons. The Balaban J connectivity index is 2.74. The van der Waals surface area contributed by atoms with Gasteiger partial charge in [-0.2, -0.15) is 0 Å². The second-order valence-corrected chi connectivity index (χ2v) is 3.32. The van der Waals surface area contributed by atoms with Crippen LogP contribution >= 0.6 is 0 Å². The van der Waals surface area contributed by atoms with Gasteiger partial charge in [0.25, 0.3) is 5.91 Å². The molecule has 0 saturated carbocycles. The number of likely N-dealkylation sites (tertiary alicyclic amines) is 1. The Labute approximate surface area is 76.9 Å². The predicted molar refractivity (Wildman–Crippen MR) is 46.1 cm³/mol. The van der Waals surface area contributed by atoms with Crippen LogP contribution in [0.5, 0.6) is 0 Å². The Hall–Kier alpha value is -1.19. The van der Waals surface area contributed by atoms with E-state index in [2.05, 4.69) is 0 Å². The van der Waals surface area contributed by atoms with Crippen LogP contribution in [0.2, 0.25) is 0 Å². The highest BCUT2D eigenvalue weighted by molar-refractivity contribution is 6.35. The fourth-order valence-corrected chi connectivity index (χ4v) is 1.63. The lowest BCUT2D eigenvalue weighted by molar-refractivity contribution is -0.145. The van der Waals surface area contributed by atoms with Crippen LogP contribution < -0.4 is 0 Å². The smallest absolute Gasteiger partial charge is 0.290 e. The lowest BCUT2D eigenvalue weighted by Gasteiger charge is -2.20. The molecule has 1 aliphatic heterocycles. The quantitative estimate of drug-likeness (QED) is 0.573. The first-order chi connectivity index (χ1) is 6.04. The molecule has 0 spiro atoms. The standard InChI is InChI=1S/C9H13NO3/c1-6(11)8-4-3-5-10(8)9(13)7(2)12/h8H,3-5H2,1-2H3/t8-/m1/s1. The average Bonchev–Trinajstić information content (AvgIpc) is 2.50. The monoisotopic (exact) mass is 183 g/mol. The van der Waals surface area contributed by atoms with Gasteiger partial charge >= 0.3 is 0 Å². The van der Waals surface area contributed by atoms with Gasteiger partial charge in [0.15, 0.2) is 5.78 Å². The van der Waals surface area contributed by atoms with Gasteiger partial charge in [-0.15, -0.1) is 0 Å². The molecule has 4 nitrogen and oxygen atoms in total. The van der Waals surface area contributed by atoms with Gasteiger partial charge in [-0.1, -0.05) is 0 Å². The molecule has 1 heterocycles. The number of ketones is 2. The third-order valence-electron chi connectivity index (χ3n) is 2.28. The molecule has 1 amide bonds. The Morgan fingerprint density at radius 3 is 2.31 bits per heavy atom. The zero-order valence-electron chi connectivity index (χ0n) is 7.87. The van der Waals surface area contributed by atoms with Gasteiger partial charge in [-0.05, 0) is 19.8 Å². The van der Waals surface area contributed by atoms with E-state index < -0.39 is 11.7 Å². The maximum atomic E-state index is 11.3. The van der Waals surface area contributed by atoms with Crippen molar-refractivity contribution in [2.45, 2.75) is 32.7 Å². The summed E-state index contributed by atoms with van der Waals surface area (Å²) < 4.78 is 0. The van der Waals surface area contributed by atoms with Crippen molar-refractivity contribution < 1.29 is 14.4 Å². The molecule has 0 aromatic heterocycles. The summed E-state index contributed by atoms with van der Waals surface area (Å²) >= 11 is 0. The summed E-state index contributed by atoms with van der Waals surface area (Å²) in [6, 6.07) is -0.364. The lowest BCUT2D eigenvalue weighted by atomic mass is 10.1. The summed E-state index contributed by atoms with van der Waals surface area (Å²) in [5.41, 5.74) is 0. The molecule has 13 heavy (non-hydrogen) atoms. The third-order valence-corrected chi connectivity index (χ3v) is 2.28. The lowest BCUT2D eigenvalue weighted by Crippen LogP contribution is -2.42. The van der Waals surface area contributed by atoms with E-state index in [4.69, 9.17) is 0 Å². The molecule has 1 rings (SSSR count). The van der Waals surface area contributed by atoms with E-state index in [1.807, 2.05) is 0 Å². The fraction of sp³-hybridized carbons (Fsp3) is 0.667. The molecular formula is C9H13NO3.